The lowest BCUT2D eigenvalue weighted by atomic mass is 9.80. The molecule has 0 saturated carbocycles. The number of likely N-dealkylation sites (tertiary alicyclic amines) is 1. The highest BCUT2D eigenvalue weighted by atomic mass is 19.2. The third-order valence-electron chi connectivity index (χ3n) is 4.50. The van der Waals surface area contributed by atoms with Crippen LogP contribution < -0.4 is 5.73 Å². The Hall–Kier alpha value is -1.00. The maximum Gasteiger partial charge on any atom is 0.159 e. The highest BCUT2D eigenvalue weighted by Gasteiger charge is 2.28. The third-order valence-corrected chi connectivity index (χ3v) is 4.50. The van der Waals surface area contributed by atoms with E-state index in [1.54, 1.807) is 6.07 Å². The zero-order valence-electron chi connectivity index (χ0n) is 12.3. The number of hydrogen-bond donors (Lipinski definition) is 1. The Labute approximate surface area is 120 Å². The molecule has 4 heteroatoms. The van der Waals surface area contributed by atoms with Crippen molar-refractivity contribution >= 4 is 0 Å². The summed E-state index contributed by atoms with van der Waals surface area (Å²) in [5, 5.41) is 0. The van der Waals surface area contributed by atoms with Crippen LogP contribution in [0.15, 0.2) is 18.2 Å². The van der Waals surface area contributed by atoms with Crippen molar-refractivity contribution in [3.05, 3.63) is 35.4 Å². The molecule has 1 fully saturated rings. The monoisotopic (exact) mass is 282 g/mol. The summed E-state index contributed by atoms with van der Waals surface area (Å²) < 4.78 is 26.4. The highest BCUT2D eigenvalue weighted by Crippen LogP contribution is 2.33. The van der Waals surface area contributed by atoms with Gasteiger partial charge in [0.15, 0.2) is 11.6 Å². The molecule has 1 unspecified atom stereocenters. The number of nitrogens with two attached hydrogens (primary N) is 1. The summed E-state index contributed by atoms with van der Waals surface area (Å²) in [5.74, 6) is -0.987. The molecule has 20 heavy (non-hydrogen) atoms. The summed E-state index contributed by atoms with van der Waals surface area (Å²) in [6.07, 6.45) is 2.14. The molecule has 0 bridgehead atoms. The number of benzene rings is 1. The van der Waals surface area contributed by atoms with E-state index in [9.17, 15) is 8.78 Å². The molecule has 1 heterocycles. The van der Waals surface area contributed by atoms with Crippen LogP contribution in [0.4, 0.5) is 8.78 Å². The Morgan fingerprint density at radius 1 is 1.20 bits per heavy atom. The van der Waals surface area contributed by atoms with Gasteiger partial charge >= 0.3 is 0 Å². The largest absolute Gasteiger partial charge is 0.330 e. The van der Waals surface area contributed by atoms with E-state index in [1.807, 2.05) is 0 Å². The van der Waals surface area contributed by atoms with Crippen LogP contribution in [-0.2, 0) is 0 Å². The molecule has 0 spiro atoms. The van der Waals surface area contributed by atoms with Crippen LogP contribution >= 0.6 is 0 Å². The predicted octanol–water partition coefficient (Wildman–Crippen LogP) is 3.13. The molecule has 2 nitrogen and oxygen atoms in total. The van der Waals surface area contributed by atoms with Gasteiger partial charge in [0.25, 0.3) is 0 Å². The van der Waals surface area contributed by atoms with E-state index in [0.717, 1.165) is 31.5 Å². The molecule has 1 aromatic rings. The standard InChI is InChI=1S/C16H24F2N2/c1-11(2)20-7-5-12(6-8-20)14(10-19)13-3-4-15(17)16(18)9-13/h3-4,9,11-12,14H,5-8,10,19H2,1-2H3. The minimum atomic E-state index is -0.792. The van der Waals surface area contributed by atoms with Crippen molar-refractivity contribution < 1.29 is 8.78 Å². The molecule has 1 aliphatic rings. The lowest BCUT2D eigenvalue weighted by molar-refractivity contribution is 0.138. The minimum absolute atomic E-state index is 0.124. The summed E-state index contributed by atoms with van der Waals surface area (Å²) in [7, 11) is 0. The topological polar surface area (TPSA) is 29.3 Å². The Morgan fingerprint density at radius 3 is 2.35 bits per heavy atom. The fourth-order valence-corrected chi connectivity index (χ4v) is 3.18. The minimum Gasteiger partial charge on any atom is -0.330 e. The SMILES string of the molecule is CC(C)N1CCC(C(CN)c2ccc(F)c(F)c2)CC1. The van der Waals surface area contributed by atoms with E-state index in [-0.39, 0.29) is 5.92 Å². The van der Waals surface area contributed by atoms with Crippen LogP contribution in [0.1, 0.15) is 38.2 Å². The molecule has 1 saturated heterocycles. The van der Waals surface area contributed by atoms with Crippen LogP contribution in [0.25, 0.3) is 0 Å². The van der Waals surface area contributed by atoms with Crippen molar-refractivity contribution in [3.63, 3.8) is 0 Å². The summed E-state index contributed by atoms with van der Waals surface area (Å²) in [6.45, 7) is 7.01. The molecule has 112 valence electrons. The van der Waals surface area contributed by atoms with Crippen LogP contribution in [0.3, 0.4) is 0 Å². The van der Waals surface area contributed by atoms with Crippen molar-refractivity contribution in [1.82, 2.24) is 4.90 Å². The van der Waals surface area contributed by atoms with Crippen molar-refractivity contribution in [2.45, 2.75) is 38.6 Å². The average molecular weight is 282 g/mol. The normalized spacial score (nSPS) is 19.5. The summed E-state index contributed by atoms with van der Waals surface area (Å²) in [6, 6.07) is 4.75. The smallest absolute Gasteiger partial charge is 0.159 e. The molecule has 1 atom stereocenters. The second-order valence-corrected chi connectivity index (χ2v) is 5.98. The van der Waals surface area contributed by atoms with Gasteiger partial charge in [-0.2, -0.15) is 0 Å². The molecule has 0 aromatic heterocycles. The predicted molar refractivity (Wildman–Crippen MR) is 77.6 cm³/mol. The number of rotatable bonds is 4. The highest BCUT2D eigenvalue weighted by molar-refractivity contribution is 5.23. The van der Waals surface area contributed by atoms with Gasteiger partial charge in [0.05, 0.1) is 0 Å². The van der Waals surface area contributed by atoms with Crippen molar-refractivity contribution in [1.29, 1.82) is 0 Å². The van der Waals surface area contributed by atoms with Crippen LogP contribution in [0.5, 0.6) is 0 Å². The molecule has 2 rings (SSSR count). The van der Waals surface area contributed by atoms with E-state index in [0.29, 0.717) is 18.5 Å². The van der Waals surface area contributed by atoms with E-state index in [4.69, 9.17) is 5.73 Å². The fourth-order valence-electron chi connectivity index (χ4n) is 3.18. The number of hydrogen-bond acceptors (Lipinski definition) is 2. The maximum atomic E-state index is 13.4. The van der Waals surface area contributed by atoms with Gasteiger partial charge in [-0.25, -0.2) is 8.78 Å². The quantitative estimate of drug-likeness (QED) is 0.919. The summed E-state index contributed by atoms with van der Waals surface area (Å²) >= 11 is 0. The second-order valence-electron chi connectivity index (χ2n) is 5.98. The van der Waals surface area contributed by atoms with Crippen molar-refractivity contribution in [2.24, 2.45) is 11.7 Å². The van der Waals surface area contributed by atoms with E-state index < -0.39 is 11.6 Å². The molecule has 1 aromatic carbocycles. The third kappa shape index (κ3) is 3.36. The number of halogens is 2. The first-order valence-electron chi connectivity index (χ1n) is 7.42. The lowest BCUT2D eigenvalue weighted by Crippen LogP contribution is -2.40. The van der Waals surface area contributed by atoms with E-state index in [1.165, 1.54) is 12.1 Å². The van der Waals surface area contributed by atoms with E-state index >= 15 is 0 Å². The molecular weight excluding hydrogens is 258 g/mol. The molecule has 1 aliphatic heterocycles. The van der Waals surface area contributed by atoms with Gasteiger partial charge in [0, 0.05) is 6.04 Å². The van der Waals surface area contributed by atoms with Crippen LogP contribution in [0, 0.1) is 17.6 Å². The van der Waals surface area contributed by atoms with Gasteiger partial charge in [-0.1, -0.05) is 6.07 Å². The van der Waals surface area contributed by atoms with Gasteiger partial charge in [-0.15, -0.1) is 0 Å². The van der Waals surface area contributed by atoms with Gasteiger partial charge < -0.3 is 10.6 Å². The van der Waals surface area contributed by atoms with E-state index in [2.05, 4.69) is 18.7 Å². The first-order chi connectivity index (χ1) is 9.52. The van der Waals surface area contributed by atoms with Gasteiger partial charge in [0.2, 0.25) is 0 Å². The Bertz CT molecular complexity index is 440. The van der Waals surface area contributed by atoms with Crippen LogP contribution in [-0.4, -0.2) is 30.6 Å². The number of piperidine rings is 1. The lowest BCUT2D eigenvalue weighted by Gasteiger charge is -2.37. The molecule has 2 N–H and O–H groups in total. The van der Waals surface area contributed by atoms with Crippen molar-refractivity contribution in [3.8, 4) is 0 Å². The second kappa shape index (κ2) is 6.64. The first-order valence-corrected chi connectivity index (χ1v) is 7.42. The molecule has 0 radical (unpaired) electrons. The maximum absolute atomic E-state index is 13.4. The summed E-state index contributed by atoms with van der Waals surface area (Å²) in [5.41, 5.74) is 6.72. The Balaban J connectivity index is 2.07. The molecule has 0 aliphatic carbocycles. The zero-order valence-corrected chi connectivity index (χ0v) is 12.3. The van der Waals surface area contributed by atoms with Gasteiger partial charge in [-0.05, 0) is 75.9 Å². The fraction of sp³-hybridized carbons (Fsp3) is 0.625. The first kappa shape index (κ1) is 15.4. The Morgan fingerprint density at radius 2 is 1.85 bits per heavy atom. The molecule has 0 amide bonds. The van der Waals surface area contributed by atoms with Gasteiger partial charge in [0.1, 0.15) is 0 Å². The summed E-state index contributed by atoms with van der Waals surface area (Å²) in [4.78, 5) is 2.45. The molecular formula is C16H24F2N2. The Kier molecular flexibility index (Phi) is 5.11. The average Bonchev–Trinajstić information content (AvgIpc) is 2.44. The van der Waals surface area contributed by atoms with Crippen LogP contribution in [0.2, 0.25) is 0 Å². The zero-order chi connectivity index (χ0) is 14.7. The number of nitrogens with zero attached hydrogens (tertiary/aromatic N) is 1. The van der Waals surface area contributed by atoms with Gasteiger partial charge in [-0.3, -0.25) is 0 Å². The van der Waals surface area contributed by atoms with Crippen molar-refractivity contribution in [2.75, 3.05) is 19.6 Å².